The van der Waals surface area contributed by atoms with Gasteiger partial charge in [0.2, 0.25) is 5.91 Å². The molecule has 0 aliphatic carbocycles. The molecule has 1 aromatic heterocycles. The lowest BCUT2D eigenvalue weighted by molar-refractivity contribution is -0.128. The third kappa shape index (κ3) is 5.61. The van der Waals surface area contributed by atoms with Crippen molar-refractivity contribution in [3.05, 3.63) is 64.5 Å². The minimum absolute atomic E-state index is 0.319. The van der Waals surface area contributed by atoms with Crippen LogP contribution in [0.25, 0.3) is 11.0 Å². The number of carbonyl (C=O) groups excluding carboxylic acids is 2. The van der Waals surface area contributed by atoms with Gasteiger partial charge in [0, 0.05) is 23.2 Å². The Bertz CT molecular complexity index is 1140. The predicted octanol–water partition coefficient (Wildman–Crippen LogP) is 1.60. The van der Waals surface area contributed by atoms with E-state index in [1.54, 1.807) is 43.3 Å². The minimum Gasteiger partial charge on any atom is -0.497 e. The van der Waals surface area contributed by atoms with Crippen LogP contribution in [-0.4, -0.2) is 43.3 Å². The molecule has 3 N–H and O–H groups in total. The van der Waals surface area contributed by atoms with E-state index < -0.39 is 36.7 Å². The first-order valence-corrected chi connectivity index (χ1v) is 9.42. The van der Waals surface area contributed by atoms with E-state index in [2.05, 4.69) is 10.6 Å². The number of rotatable bonds is 8. The molecule has 2 aromatic carbocycles. The molecule has 9 nitrogen and oxygen atoms in total. The number of hydrogen-bond donors (Lipinski definition) is 3. The van der Waals surface area contributed by atoms with Crippen molar-refractivity contribution in [3.8, 4) is 11.5 Å². The molecule has 1 atom stereocenters. The average molecular weight is 426 g/mol. The molecular formula is C22H22N2O7. The fourth-order valence-electron chi connectivity index (χ4n) is 2.88. The van der Waals surface area contributed by atoms with Gasteiger partial charge >= 0.3 is 5.63 Å². The lowest BCUT2D eigenvalue weighted by Gasteiger charge is -2.16. The van der Waals surface area contributed by atoms with Crippen molar-refractivity contribution in [3.63, 3.8) is 0 Å². The number of nitrogens with one attached hydrogen (secondary N) is 2. The number of anilines is 1. The largest absolute Gasteiger partial charge is 0.497 e. The predicted molar refractivity (Wildman–Crippen MR) is 113 cm³/mol. The van der Waals surface area contributed by atoms with Crippen molar-refractivity contribution in [1.82, 2.24) is 5.32 Å². The second kappa shape index (κ2) is 9.77. The van der Waals surface area contributed by atoms with Gasteiger partial charge in [-0.15, -0.1) is 0 Å². The van der Waals surface area contributed by atoms with Gasteiger partial charge in [0.15, 0.2) is 6.61 Å². The summed E-state index contributed by atoms with van der Waals surface area (Å²) >= 11 is 0. The Hall–Kier alpha value is -3.85. The molecule has 0 bridgehead atoms. The topological polar surface area (TPSA) is 127 Å². The first-order valence-electron chi connectivity index (χ1n) is 9.42. The van der Waals surface area contributed by atoms with Crippen LogP contribution in [0.4, 0.5) is 5.69 Å². The second-order valence-electron chi connectivity index (χ2n) is 6.72. The van der Waals surface area contributed by atoms with Crippen molar-refractivity contribution in [2.45, 2.75) is 13.0 Å². The Morgan fingerprint density at radius 3 is 2.48 bits per heavy atom. The van der Waals surface area contributed by atoms with E-state index >= 15 is 0 Å². The zero-order chi connectivity index (χ0) is 22.4. The normalized spacial score (nSPS) is 11.6. The Kier molecular flexibility index (Phi) is 6.88. The molecule has 162 valence electrons. The first-order chi connectivity index (χ1) is 14.9. The van der Waals surface area contributed by atoms with Crippen LogP contribution < -0.4 is 25.7 Å². The number of methoxy groups -OCH3 is 1. The molecule has 0 saturated heterocycles. The molecule has 31 heavy (non-hydrogen) atoms. The summed E-state index contributed by atoms with van der Waals surface area (Å²) in [5.74, 6) is -0.233. The highest BCUT2D eigenvalue weighted by Gasteiger charge is 2.20. The van der Waals surface area contributed by atoms with Crippen molar-refractivity contribution in [2.24, 2.45) is 0 Å². The number of hydrogen-bond acceptors (Lipinski definition) is 7. The molecule has 0 unspecified atom stereocenters. The number of carbonyl (C=O) groups is 2. The number of aliphatic hydroxyl groups excluding tert-OH is 1. The third-order valence-electron chi connectivity index (χ3n) is 4.48. The van der Waals surface area contributed by atoms with Crippen LogP contribution in [0.3, 0.4) is 0 Å². The fourth-order valence-corrected chi connectivity index (χ4v) is 2.88. The molecule has 0 spiro atoms. The second-order valence-corrected chi connectivity index (χ2v) is 6.72. The van der Waals surface area contributed by atoms with Gasteiger partial charge in [-0.25, -0.2) is 4.79 Å². The van der Waals surface area contributed by atoms with Crippen LogP contribution in [-0.2, 0) is 9.59 Å². The van der Waals surface area contributed by atoms with E-state index in [1.165, 1.54) is 19.2 Å². The van der Waals surface area contributed by atoms with Crippen LogP contribution in [0.15, 0.2) is 57.7 Å². The number of amides is 2. The van der Waals surface area contributed by atoms with Gasteiger partial charge in [-0.3, -0.25) is 9.59 Å². The number of aryl methyl sites for hydroxylation is 1. The molecule has 2 amide bonds. The van der Waals surface area contributed by atoms with Crippen molar-refractivity contribution >= 4 is 28.5 Å². The summed E-state index contributed by atoms with van der Waals surface area (Å²) in [6, 6.07) is 11.7. The number of benzene rings is 2. The first kappa shape index (κ1) is 21.8. The zero-order valence-electron chi connectivity index (χ0n) is 17.0. The maximum absolute atomic E-state index is 12.3. The Balaban J connectivity index is 1.57. The molecule has 9 heteroatoms. The summed E-state index contributed by atoms with van der Waals surface area (Å²) < 4.78 is 15.6. The third-order valence-corrected chi connectivity index (χ3v) is 4.48. The molecule has 0 saturated carbocycles. The highest BCUT2D eigenvalue weighted by molar-refractivity contribution is 5.97. The Morgan fingerprint density at radius 1 is 1.10 bits per heavy atom. The van der Waals surface area contributed by atoms with E-state index in [1.807, 2.05) is 0 Å². The minimum atomic E-state index is -1.16. The van der Waals surface area contributed by atoms with E-state index in [-0.39, 0.29) is 0 Å². The van der Waals surface area contributed by atoms with E-state index in [0.717, 1.165) is 10.9 Å². The number of aliphatic hydroxyl groups is 1. The van der Waals surface area contributed by atoms with E-state index in [9.17, 15) is 19.5 Å². The van der Waals surface area contributed by atoms with Crippen LogP contribution in [0, 0.1) is 6.92 Å². The summed E-state index contributed by atoms with van der Waals surface area (Å²) in [4.78, 5) is 36.0. The Labute approximate surface area is 177 Å². The fraction of sp³-hybridized carbons (Fsp3) is 0.227. The lowest BCUT2D eigenvalue weighted by atomic mass is 10.1. The van der Waals surface area contributed by atoms with Gasteiger partial charge < -0.3 is 29.6 Å². The maximum Gasteiger partial charge on any atom is 0.336 e. The zero-order valence-corrected chi connectivity index (χ0v) is 17.0. The lowest BCUT2D eigenvalue weighted by Crippen LogP contribution is -2.47. The molecule has 3 rings (SSSR count). The summed E-state index contributed by atoms with van der Waals surface area (Å²) in [6.07, 6.45) is 0. The SMILES string of the molecule is COc1ccc(NC(=O)[C@H](CO)NC(=O)COc2ccc3c(C)cc(=O)oc3c2)cc1. The van der Waals surface area contributed by atoms with Gasteiger partial charge in [0.1, 0.15) is 23.1 Å². The molecule has 0 aliphatic heterocycles. The standard InChI is InChI=1S/C22H22N2O7/c1-13-9-21(27)31-19-10-16(7-8-17(13)19)30-12-20(26)24-18(11-25)22(28)23-14-3-5-15(29-2)6-4-14/h3-10,18,25H,11-12H2,1-2H3,(H,23,28)(H,24,26)/t18-/m0/s1. The molecule has 0 radical (unpaired) electrons. The monoisotopic (exact) mass is 426 g/mol. The van der Waals surface area contributed by atoms with Crippen molar-refractivity contribution in [2.75, 3.05) is 25.6 Å². The van der Waals surface area contributed by atoms with Crippen LogP contribution in [0.2, 0.25) is 0 Å². The van der Waals surface area contributed by atoms with Crippen LogP contribution in [0.5, 0.6) is 11.5 Å². The summed E-state index contributed by atoms with van der Waals surface area (Å²) in [5.41, 5.74) is 1.12. The molecule has 1 heterocycles. The quantitative estimate of drug-likeness (QED) is 0.467. The van der Waals surface area contributed by atoms with E-state index in [4.69, 9.17) is 13.9 Å². The summed E-state index contributed by atoms with van der Waals surface area (Å²) in [7, 11) is 1.53. The van der Waals surface area contributed by atoms with Gasteiger partial charge in [-0.1, -0.05) is 0 Å². The Morgan fingerprint density at radius 2 is 1.81 bits per heavy atom. The van der Waals surface area contributed by atoms with Gasteiger partial charge in [0.25, 0.3) is 5.91 Å². The van der Waals surface area contributed by atoms with Crippen LogP contribution in [0.1, 0.15) is 5.56 Å². The highest BCUT2D eigenvalue weighted by atomic mass is 16.5. The highest BCUT2D eigenvalue weighted by Crippen LogP contribution is 2.22. The van der Waals surface area contributed by atoms with Gasteiger partial charge in [-0.2, -0.15) is 0 Å². The summed E-state index contributed by atoms with van der Waals surface area (Å²) in [6.45, 7) is 0.807. The maximum atomic E-state index is 12.3. The van der Waals surface area contributed by atoms with Gasteiger partial charge in [-0.05, 0) is 48.9 Å². The van der Waals surface area contributed by atoms with Crippen molar-refractivity contribution in [1.29, 1.82) is 0 Å². The van der Waals surface area contributed by atoms with Crippen molar-refractivity contribution < 1.29 is 28.6 Å². The molecule has 0 aliphatic rings. The van der Waals surface area contributed by atoms with Crippen LogP contribution >= 0.6 is 0 Å². The van der Waals surface area contributed by atoms with Gasteiger partial charge in [0.05, 0.1) is 13.7 Å². The summed E-state index contributed by atoms with van der Waals surface area (Å²) in [5, 5.41) is 15.3. The molecule has 0 fully saturated rings. The molecular weight excluding hydrogens is 404 g/mol. The smallest absolute Gasteiger partial charge is 0.336 e. The average Bonchev–Trinajstić information content (AvgIpc) is 2.76. The number of ether oxygens (including phenoxy) is 2. The number of fused-ring (bicyclic) bond motifs is 1. The van der Waals surface area contributed by atoms with E-state index in [0.29, 0.717) is 22.8 Å². The molecule has 3 aromatic rings.